The van der Waals surface area contributed by atoms with Crippen LogP contribution in [0, 0.1) is 17.3 Å². The molecule has 3 atom stereocenters. The van der Waals surface area contributed by atoms with Crippen LogP contribution in [0.2, 0.25) is 0 Å². The Bertz CT molecular complexity index is 810. The van der Waals surface area contributed by atoms with E-state index >= 15 is 0 Å². The van der Waals surface area contributed by atoms with Gasteiger partial charge in [0, 0.05) is 31.1 Å². The van der Waals surface area contributed by atoms with Crippen LogP contribution < -0.4 is 0 Å². The monoisotopic (exact) mass is 313 g/mol. The number of carbonyl (C=O) groups excluding carboxylic acids is 2. The van der Waals surface area contributed by atoms with Gasteiger partial charge in [0.2, 0.25) is 0 Å². The van der Waals surface area contributed by atoms with Gasteiger partial charge in [0.15, 0.2) is 0 Å². The number of methoxy groups -OCH3 is 1. The van der Waals surface area contributed by atoms with Crippen LogP contribution in [-0.4, -0.2) is 45.9 Å². The van der Waals surface area contributed by atoms with Crippen LogP contribution in [0.25, 0.3) is 5.65 Å². The number of hydrogen-bond acceptors (Lipinski definition) is 4. The summed E-state index contributed by atoms with van der Waals surface area (Å²) >= 11 is 0. The van der Waals surface area contributed by atoms with E-state index in [1.165, 1.54) is 7.11 Å². The van der Waals surface area contributed by atoms with Gasteiger partial charge in [0.25, 0.3) is 5.91 Å². The first-order chi connectivity index (χ1) is 10.9. The van der Waals surface area contributed by atoms with Gasteiger partial charge in [-0.1, -0.05) is 13.8 Å². The van der Waals surface area contributed by atoms with E-state index in [1.807, 2.05) is 0 Å². The maximum atomic E-state index is 12.9. The predicted molar refractivity (Wildman–Crippen MR) is 82.8 cm³/mol. The number of rotatable bonds is 2. The zero-order valence-electron chi connectivity index (χ0n) is 13.4. The van der Waals surface area contributed by atoms with Crippen molar-refractivity contribution in [3.8, 4) is 0 Å². The Morgan fingerprint density at radius 2 is 2.13 bits per heavy atom. The maximum absolute atomic E-state index is 12.9. The van der Waals surface area contributed by atoms with Crippen LogP contribution in [0.3, 0.4) is 0 Å². The molecular formula is C17H19N3O3. The first kappa shape index (κ1) is 14.2. The molecule has 6 heteroatoms. The second-order valence-electron chi connectivity index (χ2n) is 6.99. The average Bonchev–Trinajstić information content (AvgIpc) is 2.99. The highest BCUT2D eigenvalue weighted by Crippen LogP contribution is 2.65. The van der Waals surface area contributed by atoms with Crippen molar-refractivity contribution in [2.45, 2.75) is 19.9 Å². The van der Waals surface area contributed by atoms with E-state index in [9.17, 15) is 9.59 Å². The molecule has 0 spiro atoms. The Balaban J connectivity index is 1.66. The van der Waals surface area contributed by atoms with Crippen molar-refractivity contribution in [3.05, 3.63) is 36.3 Å². The van der Waals surface area contributed by atoms with E-state index in [2.05, 4.69) is 18.8 Å². The molecule has 0 N–H and O–H groups in total. The van der Waals surface area contributed by atoms with Gasteiger partial charge >= 0.3 is 5.97 Å². The first-order valence-electron chi connectivity index (χ1n) is 7.76. The third-order valence-corrected chi connectivity index (χ3v) is 5.55. The van der Waals surface area contributed by atoms with E-state index in [1.54, 1.807) is 40.0 Å². The Kier molecular flexibility index (Phi) is 2.83. The number of aromatic nitrogens is 2. The van der Waals surface area contributed by atoms with E-state index < -0.39 is 6.04 Å². The van der Waals surface area contributed by atoms with Gasteiger partial charge in [-0.2, -0.15) is 0 Å². The number of amides is 1. The summed E-state index contributed by atoms with van der Waals surface area (Å²) in [5.74, 6) is 0.113. The molecule has 1 aliphatic heterocycles. The van der Waals surface area contributed by atoms with E-state index in [0.717, 1.165) is 5.65 Å². The van der Waals surface area contributed by atoms with E-state index in [4.69, 9.17) is 4.74 Å². The number of pyridine rings is 1. The summed E-state index contributed by atoms with van der Waals surface area (Å²) in [5, 5.41) is 0. The van der Waals surface area contributed by atoms with Gasteiger partial charge in [-0.15, -0.1) is 0 Å². The number of imidazole rings is 1. The van der Waals surface area contributed by atoms with Crippen molar-refractivity contribution in [2.75, 3.05) is 13.7 Å². The van der Waals surface area contributed by atoms with Gasteiger partial charge in [0.05, 0.1) is 12.7 Å². The quantitative estimate of drug-likeness (QED) is 0.790. The average molecular weight is 313 g/mol. The van der Waals surface area contributed by atoms with Crippen LogP contribution in [-0.2, 0) is 9.53 Å². The fourth-order valence-electron chi connectivity index (χ4n) is 4.10. The van der Waals surface area contributed by atoms with Crippen LogP contribution in [0.5, 0.6) is 0 Å². The van der Waals surface area contributed by atoms with Gasteiger partial charge in [-0.05, 0) is 23.5 Å². The Hall–Kier alpha value is -2.37. The number of likely N-dealkylation sites (tertiary alicyclic amines) is 1. The van der Waals surface area contributed by atoms with Crippen LogP contribution in [0.1, 0.15) is 24.2 Å². The summed E-state index contributed by atoms with van der Waals surface area (Å²) in [6.07, 6.45) is 5.25. The highest BCUT2D eigenvalue weighted by Gasteiger charge is 2.69. The smallest absolute Gasteiger partial charge is 0.328 e. The van der Waals surface area contributed by atoms with Crippen LogP contribution in [0.15, 0.2) is 30.7 Å². The number of ether oxygens (including phenoxy) is 1. The Morgan fingerprint density at radius 1 is 1.35 bits per heavy atom. The molecule has 6 nitrogen and oxygen atoms in total. The minimum absolute atomic E-state index is 0.101. The summed E-state index contributed by atoms with van der Waals surface area (Å²) in [4.78, 5) is 31.0. The molecule has 2 fully saturated rings. The summed E-state index contributed by atoms with van der Waals surface area (Å²) in [6.45, 7) is 4.91. The topological polar surface area (TPSA) is 63.9 Å². The van der Waals surface area contributed by atoms with E-state index in [0.29, 0.717) is 18.0 Å². The molecule has 1 amide bonds. The molecule has 1 saturated carbocycles. The van der Waals surface area contributed by atoms with Crippen molar-refractivity contribution in [2.24, 2.45) is 17.3 Å². The van der Waals surface area contributed by atoms with Crippen LogP contribution >= 0.6 is 0 Å². The molecule has 120 valence electrons. The van der Waals surface area contributed by atoms with Crippen LogP contribution in [0.4, 0.5) is 0 Å². The van der Waals surface area contributed by atoms with Crippen molar-refractivity contribution in [1.29, 1.82) is 0 Å². The molecule has 1 aliphatic carbocycles. The van der Waals surface area contributed by atoms with Gasteiger partial charge in [-0.25, -0.2) is 9.78 Å². The first-order valence-corrected chi connectivity index (χ1v) is 7.76. The normalized spacial score (nSPS) is 27.8. The molecule has 2 aromatic heterocycles. The molecule has 2 aliphatic rings. The summed E-state index contributed by atoms with van der Waals surface area (Å²) < 4.78 is 6.76. The highest BCUT2D eigenvalue weighted by atomic mass is 16.5. The Morgan fingerprint density at radius 3 is 2.87 bits per heavy atom. The standard InChI is InChI=1S/C17H19N3O3/c1-17(2)11-9-20(14(13(11)17)16(22)23-3)15(21)10-4-5-12-18-6-7-19(12)8-10/h4-8,11,13-14H,9H2,1-3H3/t11-,13-,14-/m0/s1. The lowest BCUT2D eigenvalue weighted by atomic mass is 10.0. The molecule has 0 aromatic carbocycles. The summed E-state index contributed by atoms with van der Waals surface area (Å²) in [6, 6.07) is 3.08. The number of hydrogen-bond donors (Lipinski definition) is 0. The maximum Gasteiger partial charge on any atom is 0.328 e. The molecule has 0 unspecified atom stereocenters. The van der Waals surface area contributed by atoms with Crippen molar-refractivity contribution in [1.82, 2.24) is 14.3 Å². The second-order valence-corrected chi connectivity index (χ2v) is 6.99. The number of fused-ring (bicyclic) bond motifs is 2. The zero-order valence-corrected chi connectivity index (χ0v) is 13.4. The minimum Gasteiger partial charge on any atom is -0.467 e. The molecule has 1 saturated heterocycles. The zero-order chi connectivity index (χ0) is 16.4. The fourth-order valence-corrected chi connectivity index (χ4v) is 4.10. The lowest BCUT2D eigenvalue weighted by Gasteiger charge is -2.29. The predicted octanol–water partition coefficient (Wildman–Crippen LogP) is 1.60. The third kappa shape index (κ3) is 1.90. The third-order valence-electron chi connectivity index (χ3n) is 5.55. The molecule has 3 heterocycles. The highest BCUT2D eigenvalue weighted by molar-refractivity contribution is 5.97. The number of nitrogens with zero attached hydrogens (tertiary/aromatic N) is 3. The minimum atomic E-state index is -0.481. The lowest BCUT2D eigenvalue weighted by molar-refractivity contribution is -0.146. The second kappa shape index (κ2) is 4.57. The molecule has 0 bridgehead atoms. The number of esters is 1. The SMILES string of the molecule is COC(=O)[C@@H]1[C@@H]2[C@H](CN1C(=O)c1ccc3nccn3c1)C2(C)C. The van der Waals surface area contributed by atoms with E-state index in [-0.39, 0.29) is 23.2 Å². The van der Waals surface area contributed by atoms with Crippen molar-refractivity contribution < 1.29 is 14.3 Å². The summed E-state index contributed by atoms with van der Waals surface area (Å²) in [7, 11) is 1.38. The molecule has 2 aromatic rings. The Labute approximate surface area is 134 Å². The molecular weight excluding hydrogens is 294 g/mol. The largest absolute Gasteiger partial charge is 0.467 e. The fraction of sp³-hybridized carbons (Fsp3) is 0.471. The number of piperidine rings is 1. The van der Waals surface area contributed by atoms with Crippen molar-refractivity contribution >= 4 is 17.5 Å². The van der Waals surface area contributed by atoms with Gasteiger partial charge in [-0.3, -0.25) is 4.79 Å². The number of carbonyl (C=O) groups is 2. The lowest BCUT2D eigenvalue weighted by Crippen LogP contribution is -2.46. The molecule has 4 rings (SSSR count). The molecule has 0 radical (unpaired) electrons. The van der Waals surface area contributed by atoms with Gasteiger partial charge in [0.1, 0.15) is 11.7 Å². The van der Waals surface area contributed by atoms with Crippen molar-refractivity contribution in [3.63, 3.8) is 0 Å². The van der Waals surface area contributed by atoms with Gasteiger partial charge < -0.3 is 14.0 Å². The molecule has 23 heavy (non-hydrogen) atoms. The summed E-state index contributed by atoms with van der Waals surface area (Å²) in [5.41, 5.74) is 1.45.